The van der Waals surface area contributed by atoms with E-state index in [9.17, 15) is 9.90 Å². The van der Waals surface area contributed by atoms with Crippen LogP contribution in [0.2, 0.25) is 0 Å². The first-order chi connectivity index (χ1) is 15.7. The SMILES string of the molecule is CCCCCCCCCCCCOCC(CO)OC(=O)CCCCCCCCCCCC. The number of unbranched alkanes of at least 4 members (excludes halogenated alkanes) is 18. The zero-order valence-corrected chi connectivity index (χ0v) is 21.7. The lowest BCUT2D eigenvalue weighted by Gasteiger charge is -2.16. The smallest absolute Gasteiger partial charge is 0.306 e. The van der Waals surface area contributed by atoms with Gasteiger partial charge in [-0.1, -0.05) is 129 Å². The first kappa shape index (κ1) is 31.4. The van der Waals surface area contributed by atoms with E-state index in [-0.39, 0.29) is 12.6 Å². The topological polar surface area (TPSA) is 55.8 Å². The van der Waals surface area contributed by atoms with Crippen molar-refractivity contribution in [1.29, 1.82) is 0 Å². The molecule has 0 radical (unpaired) electrons. The third kappa shape index (κ3) is 24.0. The quantitative estimate of drug-likeness (QED) is 0.105. The summed E-state index contributed by atoms with van der Waals surface area (Å²) in [5.74, 6) is -0.203. The van der Waals surface area contributed by atoms with Gasteiger partial charge >= 0.3 is 5.97 Å². The zero-order valence-electron chi connectivity index (χ0n) is 21.7. The van der Waals surface area contributed by atoms with Crippen LogP contribution in [0.1, 0.15) is 149 Å². The van der Waals surface area contributed by atoms with Crippen molar-refractivity contribution in [2.24, 2.45) is 0 Å². The summed E-state index contributed by atoms with van der Waals surface area (Å²) < 4.78 is 11.0. The van der Waals surface area contributed by atoms with E-state index in [1.165, 1.54) is 109 Å². The molecule has 192 valence electrons. The van der Waals surface area contributed by atoms with E-state index >= 15 is 0 Å². The van der Waals surface area contributed by atoms with E-state index in [1.54, 1.807) is 0 Å². The van der Waals surface area contributed by atoms with Crippen molar-refractivity contribution in [1.82, 2.24) is 0 Å². The van der Waals surface area contributed by atoms with Gasteiger partial charge in [-0.25, -0.2) is 0 Å². The van der Waals surface area contributed by atoms with Crippen LogP contribution in [-0.2, 0) is 14.3 Å². The number of carbonyl (C=O) groups excluding carboxylic acids is 1. The van der Waals surface area contributed by atoms with Crippen molar-refractivity contribution in [2.45, 2.75) is 155 Å². The van der Waals surface area contributed by atoms with Crippen molar-refractivity contribution in [2.75, 3.05) is 19.8 Å². The minimum Gasteiger partial charge on any atom is -0.457 e. The summed E-state index contributed by atoms with van der Waals surface area (Å²) in [5.41, 5.74) is 0. The molecule has 0 aromatic carbocycles. The average Bonchev–Trinajstić information content (AvgIpc) is 2.80. The molecule has 0 saturated carbocycles. The molecular weight excluding hydrogens is 400 g/mol. The molecule has 0 aliphatic carbocycles. The summed E-state index contributed by atoms with van der Waals surface area (Å²) in [4.78, 5) is 12.0. The Morgan fingerprint density at radius 3 is 1.47 bits per heavy atom. The first-order valence-corrected chi connectivity index (χ1v) is 14.1. The van der Waals surface area contributed by atoms with Gasteiger partial charge in [0.25, 0.3) is 0 Å². The lowest BCUT2D eigenvalue weighted by molar-refractivity contribution is -0.154. The van der Waals surface area contributed by atoms with E-state index in [2.05, 4.69) is 13.8 Å². The highest BCUT2D eigenvalue weighted by molar-refractivity contribution is 5.69. The standard InChI is InChI=1S/C28H56O4/c1-3-5-7-9-11-13-15-17-19-21-23-28(30)32-27(25-29)26-31-24-22-20-18-16-14-12-10-8-6-4-2/h27,29H,3-26H2,1-2H3. The van der Waals surface area contributed by atoms with E-state index in [0.717, 1.165) is 19.3 Å². The van der Waals surface area contributed by atoms with Crippen molar-refractivity contribution in [3.8, 4) is 0 Å². The number of hydrogen-bond donors (Lipinski definition) is 1. The highest BCUT2D eigenvalue weighted by Gasteiger charge is 2.13. The van der Waals surface area contributed by atoms with Gasteiger partial charge < -0.3 is 14.6 Å². The number of aliphatic hydroxyl groups excluding tert-OH is 1. The Kier molecular flexibility index (Phi) is 26.1. The van der Waals surface area contributed by atoms with Gasteiger partial charge in [-0.15, -0.1) is 0 Å². The van der Waals surface area contributed by atoms with Crippen molar-refractivity contribution in [3.05, 3.63) is 0 Å². The molecule has 1 N–H and O–H groups in total. The molecule has 4 nitrogen and oxygen atoms in total. The highest BCUT2D eigenvalue weighted by Crippen LogP contribution is 2.12. The fraction of sp³-hybridized carbons (Fsp3) is 0.964. The highest BCUT2D eigenvalue weighted by atomic mass is 16.6. The average molecular weight is 457 g/mol. The molecule has 0 amide bonds. The Balaban J connectivity index is 3.44. The van der Waals surface area contributed by atoms with Gasteiger partial charge in [0.05, 0.1) is 13.2 Å². The fourth-order valence-electron chi connectivity index (χ4n) is 4.03. The molecule has 0 aromatic rings. The van der Waals surface area contributed by atoms with Crippen LogP contribution in [0.25, 0.3) is 0 Å². The maximum absolute atomic E-state index is 12.0. The number of carbonyl (C=O) groups is 1. The van der Waals surface area contributed by atoms with Crippen molar-refractivity contribution in [3.63, 3.8) is 0 Å². The van der Waals surface area contributed by atoms with Crippen LogP contribution >= 0.6 is 0 Å². The largest absolute Gasteiger partial charge is 0.457 e. The Morgan fingerprint density at radius 1 is 0.625 bits per heavy atom. The summed E-state index contributed by atoms with van der Waals surface area (Å²) in [7, 11) is 0. The second-order valence-corrected chi connectivity index (χ2v) is 9.48. The molecule has 0 heterocycles. The van der Waals surface area contributed by atoms with Gasteiger partial charge in [0.2, 0.25) is 0 Å². The van der Waals surface area contributed by atoms with Gasteiger partial charge in [-0.2, -0.15) is 0 Å². The molecule has 0 aliphatic heterocycles. The molecule has 0 spiro atoms. The lowest BCUT2D eigenvalue weighted by atomic mass is 10.1. The van der Waals surface area contributed by atoms with E-state index in [4.69, 9.17) is 9.47 Å². The third-order valence-corrected chi connectivity index (χ3v) is 6.18. The first-order valence-electron chi connectivity index (χ1n) is 14.1. The maximum atomic E-state index is 12.0. The molecular formula is C28H56O4. The van der Waals surface area contributed by atoms with E-state index in [1.807, 2.05) is 0 Å². The number of aliphatic hydroxyl groups is 1. The number of esters is 1. The van der Waals surface area contributed by atoms with E-state index in [0.29, 0.717) is 19.6 Å². The molecule has 1 atom stereocenters. The van der Waals surface area contributed by atoms with Gasteiger partial charge in [0.1, 0.15) is 6.10 Å². The molecule has 0 rings (SSSR count). The Labute approximate surface area is 200 Å². The van der Waals surface area contributed by atoms with Crippen LogP contribution in [0.4, 0.5) is 0 Å². The number of hydrogen-bond acceptors (Lipinski definition) is 4. The predicted octanol–water partition coefficient (Wildman–Crippen LogP) is 8.14. The Hall–Kier alpha value is -0.610. The minimum absolute atomic E-state index is 0.165. The predicted molar refractivity (Wildman–Crippen MR) is 136 cm³/mol. The minimum atomic E-state index is -0.520. The molecule has 1 unspecified atom stereocenters. The monoisotopic (exact) mass is 456 g/mol. The molecule has 0 aliphatic rings. The van der Waals surface area contributed by atoms with Crippen molar-refractivity contribution < 1.29 is 19.4 Å². The van der Waals surface area contributed by atoms with Crippen LogP contribution in [0.5, 0.6) is 0 Å². The van der Waals surface area contributed by atoms with Crippen LogP contribution in [0, 0.1) is 0 Å². The van der Waals surface area contributed by atoms with Crippen LogP contribution < -0.4 is 0 Å². The molecule has 0 saturated heterocycles. The van der Waals surface area contributed by atoms with Crippen molar-refractivity contribution >= 4 is 5.97 Å². The van der Waals surface area contributed by atoms with E-state index < -0.39 is 6.10 Å². The Bertz CT molecular complexity index is 372. The second-order valence-electron chi connectivity index (χ2n) is 9.48. The lowest BCUT2D eigenvalue weighted by Crippen LogP contribution is -2.27. The van der Waals surface area contributed by atoms with Crippen LogP contribution in [0.15, 0.2) is 0 Å². The summed E-state index contributed by atoms with van der Waals surface area (Å²) in [6.45, 7) is 5.33. The molecule has 0 bridgehead atoms. The van der Waals surface area contributed by atoms with Gasteiger partial charge in [-0.3, -0.25) is 4.79 Å². The molecule has 4 heteroatoms. The normalized spacial score (nSPS) is 12.2. The summed E-state index contributed by atoms with van der Waals surface area (Å²) in [5, 5.41) is 9.44. The number of ether oxygens (including phenoxy) is 2. The third-order valence-electron chi connectivity index (χ3n) is 6.18. The second kappa shape index (κ2) is 26.6. The van der Waals surface area contributed by atoms with Gasteiger partial charge in [0, 0.05) is 13.0 Å². The summed E-state index contributed by atoms with van der Waals surface area (Å²) in [6.07, 6.45) is 25.5. The summed E-state index contributed by atoms with van der Waals surface area (Å²) in [6, 6.07) is 0. The summed E-state index contributed by atoms with van der Waals surface area (Å²) >= 11 is 0. The molecule has 0 fully saturated rings. The fourth-order valence-corrected chi connectivity index (χ4v) is 4.03. The van der Waals surface area contributed by atoms with Crippen LogP contribution in [0.3, 0.4) is 0 Å². The molecule has 0 aromatic heterocycles. The van der Waals surface area contributed by atoms with Gasteiger partial charge in [0.15, 0.2) is 0 Å². The maximum Gasteiger partial charge on any atom is 0.306 e. The Morgan fingerprint density at radius 2 is 1.03 bits per heavy atom. The molecule has 32 heavy (non-hydrogen) atoms. The van der Waals surface area contributed by atoms with Crippen LogP contribution in [-0.4, -0.2) is 37.0 Å². The zero-order chi connectivity index (χ0) is 23.5. The number of rotatable bonds is 26. The van der Waals surface area contributed by atoms with Gasteiger partial charge in [-0.05, 0) is 12.8 Å².